The van der Waals surface area contributed by atoms with Crippen molar-refractivity contribution in [3.63, 3.8) is 0 Å². The maximum absolute atomic E-state index is 12.4. The molecule has 0 spiro atoms. The number of nitrogens with one attached hydrogen (secondary N) is 1. The van der Waals surface area contributed by atoms with Gasteiger partial charge in [-0.05, 0) is 79.2 Å². The fourth-order valence-corrected chi connectivity index (χ4v) is 2.96. The van der Waals surface area contributed by atoms with Gasteiger partial charge in [-0.25, -0.2) is 0 Å². The van der Waals surface area contributed by atoms with Crippen LogP contribution in [0.15, 0.2) is 46.9 Å². The van der Waals surface area contributed by atoms with Gasteiger partial charge in [-0.15, -0.1) is 0 Å². The van der Waals surface area contributed by atoms with E-state index in [9.17, 15) is 4.79 Å². The van der Waals surface area contributed by atoms with E-state index < -0.39 is 0 Å². The van der Waals surface area contributed by atoms with E-state index in [1.54, 1.807) is 18.2 Å². The standard InChI is InChI=1S/C19H23BrN2O2/c1-4-22(5-2)16-10-8-15(9-11-16)21-19(23)14-7-12-18(24-6-3)17(20)13-14/h7-13H,4-6H2,1-3H3,(H,21,23). The molecule has 2 aromatic rings. The van der Waals surface area contributed by atoms with Crippen molar-refractivity contribution >= 4 is 33.2 Å². The first kappa shape index (κ1) is 18.3. The van der Waals surface area contributed by atoms with Gasteiger partial charge < -0.3 is 15.0 Å². The second-order valence-electron chi connectivity index (χ2n) is 5.25. The summed E-state index contributed by atoms with van der Waals surface area (Å²) in [5, 5.41) is 2.92. The largest absolute Gasteiger partial charge is 0.493 e. The molecule has 2 rings (SSSR count). The molecule has 1 amide bonds. The summed E-state index contributed by atoms with van der Waals surface area (Å²) >= 11 is 3.43. The van der Waals surface area contributed by atoms with Crippen molar-refractivity contribution in [1.29, 1.82) is 0 Å². The van der Waals surface area contributed by atoms with E-state index in [4.69, 9.17) is 4.74 Å². The van der Waals surface area contributed by atoms with Gasteiger partial charge in [-0.2, -0.15) is 0 Å². The van der Waals surface area contributed by atoms with Crippen LogP contribution in [0.1, 0.15) is 31.1 Å². The van der Waals surface area contributed by atoms with Gasteiger partial charge in [0.25, 0.3) is 5.91 Å². The third kappa shape index (κ3) is 4.51. The molecule has 0 aliphatic carbocycles. The fraction of sp³-hybridized carbons (Fsp3) is 0.316. The van der Waals surface area contributed by atoms with E-state index >= 15 is 0 Å². The molecule has 0 saturated heterocycles. The van der Waals surface area contributed by atoms with Crippen molar-refractivity contribution in [3.05, 3.63) is 52.5 Å². The first-order valence-corrected chi connectivity index (χ1v) is 8.97. The summed E-state index contributed by atoms with van der Waals surface area (Å²) in [5.41, 5.74) is 2.51. The van der Waals surface area contributed by atoms with E-state index in [2.05, 4.69) is 40.0 Å². The van der Waals surface area contributed by atoms with Crippen LogP contribution in [0.4, 0.5) is 11.4 Å². The summed E-state index contributed by atoms with van der Waals surface area (Å²) < 4.78 is 6.24. The van der Waals surface area contributed by atoms with E-state index in [-0.39, 0.29) is 5.91 Å². The van der Waals surface area contributed by atoms with Crippen LogP contribution < -0.4 is 15.0 Å². The summed E-state index contributed by atoms with van der Waals surface area (Å²) in [4.78, 5) is 14.6. The molecule has 24 heavy (non-hydrogen) atoms. The number of amides is 1. The van der Waals surface area contributed by atoms with Gasteiger partial charge in [0.2, 0.25) is 0 Å². The topological polar surface area (TPSA) is 41.6 Å². The van der Waals surface area contributed by atoms with Gasteiger partial charge in [0.1, 0.15) is 5.75 Å². The normalized spacial score (nSPS) is 10.3. The Bertz CT molecular complexity index is 682. The number of anilines is 2. The third-order valence-electron chi connectivity index (χ3n) is 3.75. The lowest BCUT2D eigenvalue weighted by Crippen LogP contribution is -2.21. The highest BCUT2D eigenvalue weighted by molar-refractivity contribution is 9.10. The van der Waals surface area contributed by atoms with Crippen molar-refractivity contribution in [2.75, 3.05) is 29.9 Å². The van der Waals surface area contributed by atoms with Gasteiger partial charge in [-0.3, -0.25) is 4.79 Å². The van der Waals surface area contributed by atoms with Gasteiger partial charge in [0.05, 0.1) is 11.1 Å². The van der Waals surface area contributed by atoms with Crippen molar-refractivity contribution in [2.24, 2.45) is 0 Å². The van der Waals surface area contributed by atoms with Crippen LogP contribution in [-0.2, 0) is 0 Å². The molecule has 0 aliphatic heterocycles. The molecule has 0 bridgehead atoms. The smallest absolute Gasteiger partial charge is 0.255 e. The lowest BCUT2D eigenvalue weighted by molar-refractivity contribution is 0.102. The first-order valence-electron chi connectivity index (χ1n) is 8.17. The number of benzene rings is 2. The molecule has 0 aliphatic rings. The Kier molecular flexibility index (Phi) is 6.67. The molecule has 0 atom stereocenters. The number of rotatable bonds is 7. The van der Waals surface area contributed by atoms with Gasteiger partial charge in [-0.1, -0.05) is 0 Å². The van der Waals surface area contributed by atoms with Crippen molar-refractivity contribution in [3.8, 4) is 5.75 Å². The number of carbonyl (C=O) groups excluding carboxylic acids is 1. The van der Waals surface area contributed by atoms with Crippen LogP contribution in [0.3, 0.4) is 0 Å². The summed E-state index contributed by atoms with van der Waals surface area (Å²) in [6, 6.07) is 13.2. The first-order chi connectivity index (χ1) is 11.6. The highest BCUT2D eigenvalue weighted by Crippen LogP contribution is 2.26. The predicted molar refractivity (Wildman–Crippen MR) is 103 cm³/mol. The number of ether oxygens (including phenoxy) is 1. The number of carbonyl (C=O) groups is 1. The lowest BCUT2D eigenvalue weighted by atomic mass is 10.2. The molecular weight excluding hydrogens is 368 g/mol. The Balaban J connectivity index is 2.08. The summed E-state index contributed by atoms with van der Waals surface area (Å²) in [6.07, 6.45) is 0. The average Bonchev–Trinajstić information content (AvgIpc) is 2.59. The second-order valence-corrected chi connectivity index (χ2v) is 6.11. The summed E-state index contributed by atoms with van der Waals surface area (Å²) in [5.74, 6) is 0.590. The molecule has 4 nitrogen and oxygen atoms in total. The molecule has 128 valence electrons. The van der Waals surface area contributed by atoms with Crippen molar-refractivity contribution < 1.29 is 9.53 Å². The average molecular weight is 391 g/mol. The minimum absolute atomic E-state index is 0.144. The van der Waals surface area contributed by atoms with Crippen LogP contribution >= 0.6 is 15.9 Å². The second kappa shape index (κ2) is 8.73. The fourth-order valence-electron chi connectivity index (χ4n) is 2.46. The number of hydrogen-bond acceptors (Lipinski definition) is 3. The Labute approximate surface area is 151 Å². The van der Waals surface area contributed by atoms with Crippen LogP contribution in [0.5, 0.6) is 5.75 Å². The number of halogens is 1. The Morgan fingerprint density at radius 3 is 2.29 bits per heavy atom. The zero-order chi connectivity index (χ0) is 17.5. The predicted octanol–water partition coefficient (Wildman–Crippen LogP) is 4.95. The van der Waals surface area contributed by atoms with E-state index in [1.807, 2.05) is 31.2 Å². The molecule has 2 aromatic carbocycles. The molecule has 0 saturated carbocycles. The SMILES string of the molecule is CCOc1ccc(C(=O)Nc2ccc(N(CC)CC)cc2)cc1Br. The molecule has 0 unspecified atom stereocenters. The number of nitrogens with zero attached hydrogens (tertiary/aromatic N) is 1. The van der Waals surface area contributed by atoms with E-state index in [0.717, 1.165) is 34.7 Å². The summed E-state index contributed by atoms with van der Waals surface area (Å²) in [6.45, 7) is 8.69. The van der Waals surface area contributed by atoms with Crippen LogP contribution in [-0.4, -0.2) is 25.6 Å². The maximum atomic E-state index is 12.4. The molecule has 0 radical (unpaired) electrons. The maximum Gasteiger partial charge on any atom is 0.255 e. The molecule has 0 heterocycles. The summed E-state index contributed by atoms with van der Waals surface area (Å²) in [7, 11) is 0. The van der Waals surface area contributed by atoms with Gasteiger partial charge in [0.15, 0.2) is 0 Å². The zero-order valence-electron chi connectivity index (χ0n) is 14.3. The van der Waals surface area contributed by atoms with Crippen LogP contribution in [0.2, 0.25) is 0 Å². The third-order valence-corrected chi connectivity index (χ3v) is 4.37. The molecular formula is C19H23BrN2O2. The van der Waals surface area contributed by atoms with Crippen molar-refractivity contribution in [1.82, 2.24) is 0 Å². The van der Waals surface area contributed by atoms with Gasteiger partial charge in [0, 0.05) is 30.0 Å². The van der Waals surface area contributed by atoms with Crippen molar-refractivity contribution in [2.45, 2.75) is 20.8 Å². The monoisotopic (exact) mass is 390 g/mol. The molecule has 0 aromatic heterocycles. The Hall–Kier alpha value is -2.01. The lowest BCUT2D eigenvalue weighted by Gasteiger charge is -2.21. The molecule has 5 heteroatoms. The minimum atomic E-state index is -0.144. The quantitative estimate of drug-likeness (QED) is 0.727. The Morgan fingerprint density at radius 1 is 1.08 bits per heavy atom. The Morgan fingerprint density at radius 2 is 1.75 bits per heavy atom. The van der Waals surface area contributed by atoms with E-state index in [1.165, 1.54) is 0 Å². The minimum Gasteiger partial charge on any atom is -0.493 e. The van der Waals surface area contributed by atoms with Crippen LogP contribution in [0, 0.1) is 0 Å². The highest BCUT2D eigenvalue weighted by Gasteiger charge is 2.10. The van der Waals surface area contributed by atoms with E-state index in [0.29, 0.717) is 12.2 Å². The highest BCUT2D eigenvalue weighted by atomic mass is 79.9. The van der Waals surface area contributed by atoms with Crippen LogP contribution in [0.25, 0.3) is 0 Å². The molecule has 1 N–H and O–H groups in total. The molecule has 0 fully saturated rings. The zero-order valence-corrected chi connectivity index (χ0v) is 15.9. The number of hydrogen-bond donors (Lipinski definition) is 1. The van der Waals surface area contributed by atoms with Gasteiger partial charge >= 0.3 is 0 Å².